The summed E-state index contributed by atoms with van der Waals surface area (Å²) in [7, 11) is 1.93. The van der Waals surface area contributed by atoms with Gasteiger partial charge in [0.2, 0.25) is 0 Å². The van der Waals surface area contributed by atoms with E-state index in [2.05, 4.69) is 26.1 Å². The maximum Gasteiger partial charge on any atom is 0.317 e. The molecule has 2 atom stereocenters. The first-order chi connectivity index (χ1) is 10.5. The van der Waals surface area contributed by atoms with Crippen LogP contribution in [0.2, 0.25) is 0 Å². The van der Waals surface area contributed by atoms with Gasteiger partial charge in [-0.2, -0.15) is 0 Å². The van der Waals surface area contributed by atoms with Gasteiger partial charge in [-0.05, 0) is 37.0 Å². The zero-order chi connectivity index (χ0) is 16.1. The molecule has 1 heterocycles. The van der Waals surface area contributed by atoms with E-state index < -0.39 is 0 Å². The summed E-state index contributed by atoms with van der Waals surface area (Å²) in [5.41, 5.74) is 0. The second kappa shape index (κ2) is 8.19. The predicted octanol–water partition coefficient (Wildman–Crippen LogP) is 3.52. The van der Waals surface area contributed by atoms with Gasteiger partial charge in [-0.15, -0.1) is 0 Å². The lowest BCUT2D eigenvalue weighted by atomic mass is 9.83. The van der Waals surface area contributed by atoms with Crippen LogP contribution in [0.15, 0.2) is 0 Å². The highest BCUT2D eigenvalue weighted by molar-refractivity contribution is 5.73. The van der Waals surface area contributed by atoms with Crippen molar-refractivity contribution in [1.82, 2.24) is 10.2 Å². The summed E-state index contributed by atoms with van der Waals surface area (Å²) in [6.07, 6.45) is 6.53. The second-order valence-corrected chi connectivity index (χ2v) is 7.82. The first-order valence-electron chi connectivity index (χ1n) is 9.08. The molecule has 0 unspecified atom stereocenters. The first-order valence-corrected chi connectivity index (χ1v) is 9.08. The van der Waals surface area contributed by atoms with Gasteiger partial charge in [-0.25, -0.2) is 4.79 Å². The van der Waals surface area contributed by atoms with Gasteiger partial charge in [0.15, 0.2) is 0 Å². The number of carbonyl (C=O) groups is 1. The summed E-state index contributed by atoms with van der Waals surface area (Å²) in [6, 6.07) is 0.0769. The SMILES string of the molecule is CC1CCC(CN(C)C(=O)NC[C@H]2CCO[C@H]2C(C)C)CC1. The summed E-state index contributed by atoms with van der Waals surface area (Å²) in [5.74, 6) is 2.54. The Balaban J connectivity index is 1.70. The smallest absolute Gasteiger partial charge is 0.317 e. The zero-order valence-corrected chi connectivity index (χ0v) is 14.8. The number of ether oxygens (including phenoxy) is 1. The molecule has 1 aliphatic carbocycles. The third-order valence-electron chi connectivity index (χ3n) is 5.45. The van der Waals surface area contributed by atoms with E-state index in [-0.39, 0.29) is 6.03 Å². The molecule has 0 aromatic rings. The molecule has 2 rings (SSSR count). The molecule has 0 spiro atoms. The van der Waals surface area contributed by atoms with Crippen molar-refractivity contribution < 1.29 is 9.53 Å². The van der Waals surface area contributed by atoms with E-state index in [1.807, 2.05) is 11.9 Å². The molecule has 0 bridgehead atoms. The Morgan fingerprint density at radius 2 is 1.91 bits per heavy atom. The fourth-order valence-electron chi connectivity index (χ4n) is 3.95. The Bertz CT molecular complexity index is 351. The fourth-order valence-corrected chi connectivity index (χ4v) is 3.95. The third kappa shape index (κ3) is 4.87. The lowest BCUT2D eigenvalue weighted by Crippen LogP contribution is -2.43. The topological polar surface area (TPSA) is 41.6 Å². The molecule has 2 amide bonds. The predicted molar refractivity (Wildman–Crippen MR) is 89.8 cm³/mol. The summed E-state index contributed by atoms with van der Waals surface area (Å²) >= 11 is 0. The first kappa shape index (κ1) is 17.6. The molecule has 128 valence electrons. The van der Waals surface area contributed by atoms with Crippen LogP contribution in [0.1, 0.15) is 52.9 Å². The number of hydrogen-bond acceptors (Lipinski definition) is 2. The highest BCUT2D eigenvalue weighted by Crippen LogP contribution is 2.29. The normalized spacial score (nSPS) is 32.2. The molecule has 22 heavy (non-hydrogen) atoms. The quantitative estimate of drug-likeness (QED) is 0.844. The molecule has 0 aromatic heterocycles. The molecule has 1 saturated heterocycles. The second-order valence-electron chi connectivity index (χ2n) is 7.82. The van der Waals surface area contributed by atoms with Crippen LogP contribution >= 0.6 is 0 Å². The van der Waals surface area contributed by atoms with E-state index >= 15 is 0 Å². The number of urea groups is 1. The minimum atomic E-state index is 0.0769. The van der Waals surface area contributed by atoms with Gasteiger partial charge < -0.3 is 15.0 Å². The van der Waals surface area contributed by atoms with Crippen molar-refractivity contribution in [3.63, 3.8) is 0 Å². The maximum atomic E-state index is 12.3. The van der Waals surface area contributed by atoms with E-state index in [4.69, 9.17) is 4.74 Å². The van der Waals surface area contributed by atoms with E-state index in [1.165, 1.54) is 25.7 Å². The molecular formula is C18H34N2O2. The maximum absolute atomic E-state index is 12.3. The summed E-state index contributed by atoms with van der Waals surface area (Å²) in [5, 5.41) is 3.11. The van der Waals surface area contributed by atoms with Crippen LogP contribution in [0.5, 0.6) is 0 Å². The number of nitrogens with one attached hydrogen (secondary N) is 1. The van der Waals surface area contributed by atoms with Gasteiger partial charge in [0, 0.05) is 32.7 Å². The minimum Gasteiger partial charge on any atom is -0.378 e. The number of hydrogen-bond donors (Lipinski definition) is 1. The van der Waals surface area contributed by atoms with Gasteiger partial charge >= 0.3 is 6.03 Å². The molecule has 0 aromatic carbocycles. The molecule has 2 aliphatic rings. The van der Waals surface area contributed by atoms with Gasteiger partial charge in [0.05, 0.1) is 6.10 Å². The van der Waals surface area contributed by atoms with E-state index in [0.717, 1.165) is 32.0 Å². The van der Waals surface area contributed by atoms with Crippen molar-refractivity contribution in [3.8, 4) is 0 Å². The summed E-state index contributed by atoms with van der Waals surface area (Å²) < 4.78 is 5.79. The Labute approximate surface area is 136 Å². The largest absolute Gasteiger partial charge is 0.378 e. The molecule has 1 saturated carbocycles. The third-order valence-corrected chi connectivity index (χ3v) is 5.45. The highest BCUT2D eigenvalue weighted by Gasteiger charge is 2.31. The monoisotopic (exact) mass is 310 g/mol. The van der Waals surface area contributed by atoms with Gasteiger partial charge in [-0.3, -0.25) is 0 Å². The van der Waals surface area contributed by atoms with Crippen molar-refractivity contribution >= 4 is 6.03 Å². The Kier molecular flexibility index (Phi) is 6.54. The van der Waals surface area contributed by atoms with E-state index in [9.17, 15) is 4.79 Å². The van der Waals surface area contributed by atoms with Crippen LogP contribution in [0.25, 0.3) is 0 Å². The van der Waals surface area contributed by atoms with Crippen LogP contribution in [0.4, 0.5) is 4.79 Å². The number of rotatable bonds is 5. The molecule has 2 fully saturated rings. The summed E-state index contributed by atoms with van der Waals surface area (Å²) in [6.45, 7) is 9.20. The Morgan fingerprint density at radius 3 is 2.55 bits per heavy atom. The number of amides is 2. The van der Waals surface area contributed by atoms with Crippen molar-refractivity contribution in [3.05, 3.63) is 0 Å². The molecule has 4 nitrogen and oxygen atoms in total. The van der Waals surface area contributed by atoms with Crippen molar-refractivity contribution in [2.75, 3.05) is 26.7 Å². The van der Waals surface area contributed by atoms with Crippen molar-refractivity contribution in [2.24, 2.45) is 23.7 Å². The standard InChI is InChI=1S/C18H34N2O2/c1-13(2)17-16(9-10-22-17)11-19-18(21)20(4)12-15-7-5-14(3)6-8-15/h13-17H,5-12H2,1-4H3,(H,19,21)/t14?,15?,16-,17+/m1/s1. The number of carbonyl (C=O) groups excluding carboxylic acids is 1. The molecule has 1 aliphatic heterocycles. The van der Waals surface area contributed by atoms with Crippen molar-refractivity contribution in [2.45, 2.75) is 59.0 Å². The van der Waals surface area contributed by atoms with Crippen LogP contribution in [-0.4, -0.2) is 43.8 Å². The Morgan fingerprint density at radius 1 is 1.23 bits per heavy atom. The van der Waals surface area contributed by atoms with Gasteiger partial charge in [0.25, 0.3) is 0 Å². The van der Waals surface area contributed by atoms with Gasteiger partial charge in [0.1, 0.15) is 0 Å². The molecular weight excluding hydrogens is 276 g/mol. The van der Waals surface area contributed by atoms with E-state index in [1.54, 1.807) is 0 Å². The Hall–Kier alpha value is -0.770. The van der Waals surface area contributed by atoms with Crippen LogP contribution in [-0.2, 0) is 4.74 Å². The lowest BCUT2D eigenvalue weighted by Gasteiger charge is -2.30. The number of nitrogens with zero attached hydrogens (tertiary/aromatic N) is 1. The highest BCUT2D eigenvalue weighted by atomic mass is 16.5. The van der Waals surface area contributed by atoms with Crippen LogP contribution in [0.3, 0.4) is 0 Å². The lowest BCUT2D eigenvalue weighted by molar-refractivity contribution is 0.0542. The molecule has 1 N–H and O–H groups in total. The fraction of sp³-hybridized carbons (Fsp3) is 0.944. The van der Waals surface area contributed by atoms with Crippen LogP contribution < -0.4 is 5.32 Å². The average Bonchev–Trinajstić information content (AvgIpc) is 2.95. The molecule has 0 radical (unpaired) electrons. The average molecular weight is 310 g/mol. The summed E-state index contributed by atoms with van der Waals surface area (Å²) in [4.78, 5) is 14.2. The molecule has 4 heteroatoms. The van der Waals surface area contributed by atoms with Crippen LogP contribution in [0, 0.1) is 23.7 Å². The zero-order valence-electron chi connectivity index (χ0n) is 14.8. The van der Waals surface area contributed by atoms with Crippen molar-refractivity contribution in [1.29, 1.82) is 0 Å². The van der Waals surface area contributed by atoms with E-state index in [0.29, 0.717) is 23.9 Å². The van der Waals surface area contributed by atoms with Gasteiger partial charge in [-0.1, -0.05) is 33.6 Å². The minimum absolute atomic E-state index is 0.0769.